The first-order valence-corrected chi connectivity index (χ1v) is 8.04. The second-order valence-electron chi connectivity index (χ2n) is 6.24. The number of aliphatic hydroxyl groups excluding tert-OH is 1. The standard InChI is InChI=1S/C15H27N3O3/c16-15(21)12-5-4-8-18(9-12)14(20)10-17-7-3-1-2-6-13(17)11-19/h12-13,19H,1-11H2,(H2,16,21). The Morgan fingerprint density at radius 1 is 1.10 bits per heavy atom. The second-order valence-corrected chi connectivity index (χ2v) is 6.24. The lowest BCUT2D eigenvalue weighted by atomic mass is 9.97. The molecule has 2 unspecified atom stereocenters. The van der Waals surface area contributed by atoms with Crippen LogP contribution >= 0.6 is 0 Å². The number of carbonyl (C=O) groups is 2. The lowest BCUT2D eigenvalue weighted by Crippen LogP contribution is -2.49. The molecular formula is C15H27N3O3. The fourth-order valence-corrected chi connectivity index (χ4v) is 3.36. The van der Waals surface area contributed by atoms with E-state index in [9.17, 15) is 14.7 Å². The van der Waals surface area contributed by atoms with Gasteiger partial charge in [-0.25, -0.2) is 0 Å². The predicted octanol–water partition coefficient (Wildman–Crippen LogP) is -0.0528. The van der Waals surface area contributed by atoms with Crippen LogP contribution < -0.4 is 5.73 Å². The molecule has 2 fully saturated rings. The third-order valence-corrected chi connectivity index (χ3v) is 4.72. The molecule has 0 aromatic heterocycles. The summed E-state index contributed by atoms with van der Waals surface area (Å²) in [5.41, 5.74) is 5.36. The highest BCUT2D eigenvalue weighted by Crippen LogP contribution is 2.19. The van der Waals surface area contributed by atoms with E-state index in [0.717, 1.165) is 45.1 Å². The molecule has 2 aliphatic heterocycles. The highest BCUT2D eigenvalue weighted by Gasteiger charge is 2.29. The quantitative estimate of drug-likeness (QED) is 0.761. The summed E-state index contributed by atoms with van der Waals surface area (Å²) in [7, 11) is 0. The number of likely N-dealkylation sites (tertiary alicyclic amines) is 2. The Hall–Kier alpha value is -1.14. The molecule has 0 radical (unpaired) electrons. The molecule has 2 atom stereocenters. The molecule has 21 heavy (non-hydrogen) atoms. The molecule has 2 aliphatic rings. The van der Waals surface area contributed by atoms with Gasteiger partial charge in [0.1, 0.15) is 0 Å². The fourth-order valence-electron chi connectivity index (χ4n) is 3.36. The van der Waals surface area contributed by atoms with Crippen molar-refractivity contribution in [3.8, 4) is 0 Å². The van der Waals surface area contributed by atoms with Gasteiger partial charge in [0.05, 0.1) is 19.1 Å². The van der Waals surface area contributed by atoms with Crippen LogP contribution in [-0.2, 0) is 9.59 Å². The van der Waals surface area contributed by atoms with Crippen molar-refractivity contribution in [3.05, 3.63) is 0 Å². The number of aliphatic hydroxyl groups is 1. The summed E-state index contributed by atoms with van der Waals surface area (Å²) in [5, 5.41) is 9.50. The van der Waals surface area contributed by atoms with E-state index in [0.29, 0.717) is 19.6 Å². The van der Waals surface area contributed by atoms with Crippen LogP contribution in [0.5, 0.6) is 0 Å². The molecule has 2 rings (SSSR count). The maximum absolute atomic E-state index is 12.5. The third-order valence-electron chi connectivity index (χ3n) is 4.72. The van der Waals surface area contributed by atoms with Crippen LogP contribution in [0.25, 0.3) is 0 Å². The van der Waals surface area contributed by atoms with Gasteiger partial charge in [0.15, 0.2) is 0 Å². The van der Waals surface area contributed by atoms with Gasteiger partial charge in [-0.2, -0.15) is 0 Å². The maximum Gasteiger partial charge on any atom is 0.236 e. The third kappa shape index (κ3) is 4.41. The van der Waals surface area contributed by atoms with E-state index >= 15 is 0 Å². The molecule has 2 heterocycles. The largest absolute Gasteiger partial charge is 0.395 e. The van der Waals surface area contributed by atoms with Crippen LogP contribution in [0, 0.1) is 5.92 Å². The lowest BCUT2D eigenvalue weighted by molar-refractivity contribution is -0.136. The zero-order valence-corrected chi connectivity index (χ0v) is 12.7. The molecule has 0 aromatic carbocycles. The number of nitrogens with two attached hydrogens (primary N) is 1. The van der Waals surface area contributed by atoms with Crippen LogP contribution in [0.15, 0.2) is 0 Å². The van der Waals surface area contributed by atoms with Crippen molar-refractivity contribution in [1.29, 1.82) is 0 Å². The van der Waals surface area contributed by atoms with Crippen molar-refractivity contribution in [2.75, 3.05) is 32.8 Å². The summed E-state index contributed by atoms with van der Waals surface area (Å²) in [6.45, 7) is 2.48. The van der Waals surface area contributed by atoms with Crippen molar-refractivity contribution in [2.24, 2.45) is 11.7 Å². The molecular weight excluding hydrogens is 270 g/mol. The molecule has 3 N–H and O–H groups in total. The summed E-state index contributed by atoms with van der Waals surface area (Å²) in [5.74, 6) is -0.461. The summed E-state index contributed by atoms with van der Waals surface area (Å²) in [6, 6.07) is 0.0909. The fraction of sp³-hybridized carbons (Fsp3) is 0.867. The summed E-state index contributed by atoms with van der Waals surface area (Å²) in [6.07, 6.45) is 5.92. The van der Waals surface area contributed by atoms with E-state index in [2.05, 4.69) is 4.90 Å². The van der Waals surface area contributed by atoms with Gasteiger partial charge in [0, 0.05) is 19.1 Å². The lowest BCUT2D eigenvalue weighted by Gasteiger charge is -2.34. The highest BCUT2D eigenvalue weighted by molar-refractivity contribution is 5.81. The second kappa shape index (κ2) is 7.75. The Balaban J connectivity index is 1.91. The normalized spacial score (nSPS) is 28.1. The van der Waals surface area contributed by atoms with Gasteiger partial charge in [0.2, 0.25) is 11.8 Å². The first-order chi connectivity index (χ1) is 10.1. The van der Waals surface area contributed by atoms with E-state index in [1.807, 2.05) is 0 Å². The summed E-state index contributed by atoms with van der Waals surface area (Å²) < 4.78 is 0. The molecule has 0 aromatic rings. The number of nitrogens with zero attached hydrogens (tertiary/aromatic N) is 2. The predicted molar refractivity (Wildman–Crippen MR) is 79.4 cm³/mol. The number of primary amides is 1. The molecule has 6 heteroatoms. The Morgan fingerprint density at radius 3 is 2.62 bits per heavy atom. The molecule has 0 aliphatic carbocycles. The van der Waals surface area contributed by atoms with Crippen molar-refractivity contribution in [1.82, 2.24) is 9.80 Å². The smallest absolute Gasteiger partial charge is 0.236 e. The van der Waals surface area contributed by atoms with Crippen molar-refractivity contribution in [3.63, 3.8) is 0 Å². The minimum atomic E-state index is -0.310. The van der Waals surface area contributed by atoms with E-state index < -0.39 is 0 Å². The van der Waals surface area contributed by atoms with Crippen LogP contribution in [0.2, 0.25) is 0 Å². The van der Waals surface area contributed by atoms with Crippen LogP contribution in [0.4, 0.5) is 0 Å². The minimum Gasteiger partial charge on any atom is -0.395 e. The summed E-state index contributed by atoms with van der Waals surface area (Å²) >= 11 is 0. The summed E-state index contributed by atoms with van der Waals surface area (Å²) in [4.78, 5) is 27.6. The minimum absolute atomic E-state index is 0.0568. The Bertz CT molecular complexity index is 375. The van der Waals surface area contributed by atoms with Crippen molar-refractivity contribution < 1.29 is 14.7 Å². The zero-order chi connectivity index (χ0) is 15.2. The Morgan fingerprint density at radius 2 is 1.90 bits per heavy atom. The van der Waals surface area contributed by atoms with Gasteiger partial charge in [-0.05, 0) is 32.2 Å². The van der Waals surface area contributed by atoms with Crippen LogP contribution in [0.3, 0.4) is 0 Å². The molecule has 2 amide bonds. The average Bonchev–Trinajstić information content (AvgIpc) is 2.72. The van der Waals surface area contributed by atoms with Crippen LogP contribution in [0.1, 0.15) is 38.5 Å². The number of piperidine rings is 1. The maximum atomic E-state index is 12.5. The average molecular weight is 297 g/mol. The van der Waals surface area contributed by atoms with Crippen molar-refractivity contribution >= 4 is 11.8 Å². The van der Waals surface area contributed by atoms with E-state index in [1.54, 1.807) is 4.90 Å². The molecule has 6 nitrogen and oxygen atoms in total. The van der Waals surface area contributed by atoms with Gasteiger partial charge in [0.25, 0.3) is 0 Å². The number of carbonyl (C=O) groups excluding carboxylic acids is 2. The number of amides is 2. The van der Waals surface area contributed by atoms with Crippen LogP contribution in [-0.4, -0.2) is 65.5 Å². The van der Waals surface area contributed by atoms with E-state index in [1.165, 1.54) is 0 Å². The van der Waals surface area contributed by atoms with Gasteiger partial charge in [-0.1, -0.05) is 12.8 Å². The SMILES string of the molecule is NC(=O)C1CCCN(C(=O)CN2CCCCCC2CO)C1. The number of hydrogen-bond acceptors (Lipinski definition) is 4. The molecule has 0 spiro atoms. The molecule has 0 saturated carbocycles. The Kier molecular flexibility index (Phi) is 5.99. The van der Waals surface area contributed by atoms with Gasteiger partial charge < -0.3 is 15.7 Å². The zero-order valence-electron chi connectivity index (χ0n) is 12.7. The highest BCUT2D eigenvalue weighted by atomic mass is 16.3. The molecule has 120 valence electrons. The number of hydrogen-bond donors (Lipinski definition) is 2. The monoisotopic (exact) mass is 297 g/mol. The first-order valence-electron chi connectivity index (χ1n) is 8.04. The van der Waals surface area contributed by atoms with Gasteiger partial charge >= 0.3 is 0 Å². The topological polar surface area (TPSA) is 86.9 Å². The van der Waals surface area contributed by atoms with Crippen molar-refractivity contribution in [2.45, 2.75) is 44.6 Å². The van der Waals surface area contributed by atoms with Gasteiger partial charge in [-0.3, -0.25) is 14.5 Å². The number of rotatable bonds is 4. The van der Waals surface area contributed by atoms with E-state index in [4.69, 9.17) is 5.73 Å². The van der Waals surface area contributed by atoms with E-state index in [-0.39, 0.29) is 30.4 Å². The van der Waals surface area contributed by atoms with Gasteiger partial charge in [-0.15, -0.1) is 0 Å². The Labute approximate surface area is 126 Å². The molecule has 2 saturated heterocycles. The molecule has 0 bridgehead atoms. The first kappa shape index (κ1) is 16.2.